The maximum absolute atomic E-state index is 5.06. The third-order valence-corrected chi connectivity index (χ3v) is 2.20. The lowest BCUT2D eigenvalue weighted by molar-refractivity contribution is 0.495. The molecule has 0 aliphatic heterocycles. The summed E-state index contributed by atoms with van der Waals surface area (Å²) in [6.45, 7) is 3.89. The Balaban J connectivity index is 2.87. The van der Waals surface area contributed by atoms with Crippen molar-refractivity contribution in [3.63, 3.8) is 0 Å². The second-order valence-corrected chi connectivity index (χ2v) is 3.89. The summed E-state index contributed by atoms with van der Waals surface area (Å²) in [6.07, 6.45) is 0. The lowest BCUT2D eigenvalue weighted by Gasteiger charge is -2.01. The Morgan fingerprint density at radius 2 is 2.33 bits per heavy atom. The highest BCUT2D eigenvalue weighted by molar-refractivity contribution is 8.19. The van der Waals surface area contributed by atoms with Crippen LogP contribution in [-0.4, -0.2) is 21.2 Å². The van der Waals surface area contributed by atoms with E-state index >= 15 is 0 Å². The Kier molecular flexibility index (Phi) is 3.25. The average Bonchev–Trinajstić information content (AvgIpc) is 2.30. The van der Waals surface area contributed by atoms with Gasteiger partial charge in [-0.3, -0.25) is 0 Å². The summed E-state index contributed by atoms with van der Waals surface area (Å²) in [7, 11) is 1.59. The first-order chi connectivity index (χ1) is 5.65. The summed E-state index contributed by atoms with van der Waals surface area (Å²) >= 11 is 6.20. The van der Waals surface area contributed by atoms with Gasteiger partial charge in [0.1, 0.15) is 0 Å². The molecule has 5 heteroatoms. The topological polar surface area (TPSA) is 27.1 Å². The minimum absolute atomic E-state index is 0.614. The molecule has 1 aromatic rings. The maximum Gasteiger partial charge on any atom is 0.188 e. The fraction of sp³-hybridized carbons (Fsp3) is 0.429. The Hall–Kier alpha value is -0.390. The molecule has 0 saturated heterocycles. The lowest BCUT2D eigenvalue weighted by Crippen LogP contribution is -2.08. The zero-order valence-electron chi connectivity index (χ0n) is 7.20. The van der Waals surface area contributed by atoms with Gasteiger partial charge in [0.05, 0.1) is 24.8 Å². The van der Waals surface area contributed by atoms with Crippen molar-refractivity contribution in [2.24, 2.45) is 0 Å². The van der Waals surface area contributed by atoms with Crippen LogP contribution in [0.1, 0.15) is 11.4 Å². The van der Waals surface area contributed by atoms with E-state index in [0.717, 1.165) is 23.4 Å². The summed E-state index contributed by atoms with van der Waals surface area (Å²) in [6, 6.07) is 1.97. The number of hydrogen-bond acceptors (Lipinski definition) is 4. The molecule has 0 N–H and O–H groups in total. The van der Waals surface area contributed by atoms with Gasteiger partial charge in [0.15, 0.2) is 4.32 Å². The minimum atomic E-state index is 0.614. The molecule has 12 heavy (non-hydrogen) atoms. The summed E-state index contributed by atoms with van der Waals surface area (Å²) in [5.41, 5.74) is 1.99. The molecule has 0 aliphatic rings. The minimum Gasteiger partial charge on any atom is -0.312 e. The van der Waals surface area contributed by atoms with Crippen LogP contribution in [0.5, 0.6) is 0 Å². The van der Waals surface area contributed by atoms with E-state index in [0.29, 0.717) is 4.32 Å². The molecular weight excluding hydrogens is 192 g/mol. The van der Waals surface area contributed by atoms with Crippen molar-refractivity contribution < 1.29 is 4.18 Å². The van der Waals surface area contributed by atoms with Crippen molar-refractivity contribution in [2.45, 2.75) is 13.8 Å². The van der Waals surface area contributed by atoms with Gasteiger partial charge in [-0.1, -0.05) is 0 Å². The van der Waals surface area contributed by atoms with Crippen LogP contribution in [0, 0.1) is 13.8 Å². The van der Waals surface area contributed by atoms with E-state index < -0.39 is 0 Å². The van der Waals surface area contributed by atoms with Gasteiger partial charge >= 0.3 is 0 Å². The van der Waals surface area contributed by atoms with E-state index in [4.69, 9.17) is 16.4 Å². The van der Waals surface area contributed by atoms with Crippen molar-refractivity contribution in [3.05, 3.63) is 17.5 Å². The van der Waals surface area contributed by atoms with Crippen LogP contribution in [0.25, 0.3) is 0 Å². The predicted octanol–water partition coefficient (Wildman–Crippen LogP) is 1.93. The maximum atomic E-state index is 5.06. The van der Waals surface area contributed by atoms with Gasteiger partial charge in [-0.15, -0.1) is 0 Å². The van der Waals surface area contributed by atoms with Crippen molar-refractivity contribution in [2.75, 3.05) is 7.11 Å². The number of rotatable bonds is 1. The van der Waals surface area contributed by atoms with Crippen LogP contribution < -0.4 is 0 Å². The van der Waals surface area contributed by atoms with E-state index in [9.17, 15) is 0 Å². The van der Waals surface area contributed by atoms with Gasteiger partial charge in [-0.05, 0) is 32.1 Å². The summed E-state index contributed by atoms with van der Waals surface area (Å²) in [5.74, 6) is 0. The number of nitrogens with zero attached hydrogens (tertiary/aromatic N) is 2. The zero-order chi connectivity index (χ0) is 9.14. The monoisotopic (exact) mass is 202 g/mol. The molecule has 0 fully saturated rings. The Morgan fingerprint density at radius 1 is 1.67 bits per heavy atom. The average molecular weight is 202 g/mol. The van der Waals surface area contributed by atoms with Crippen molar-refractivity contribution in [1.29, 1.82) is 0 Å². The van der Waals surface area contributed by atoms with Crippen molar-refractivity contribution >= 4 is 28.6 Å². The molecule has 0 spiro atoms. The van der Waals surface area contributed by atoms with E-state index in [1.807, 2.05) is 19.9 Å². The second-order valence-electron chi connectivity index (χ2n) is 2.35. The van der Waals surface area contributed by atoms with Gasteiger partial charge in [0, 0.05) is 5.69 Å². The highest BCUT2D eigenvalue weighted by atomic mass is 32.2. The predicted molar refractivity (Wildman–Crippen MR) is 54.3 cm³/mol. The first-order valence-electron chi connectivity index (χ1n) is 3.43. The smallest absolute Gasteiger partial charge is 0.188 e. The third-order valence-electron chi connectivity index (χ3n) is 1.34. The molecule has 0 radical (unpaired) electrons. The van der Waals surface area contributed by atoms with Crippen molar-refractivity contribution in [1.82, 2.24) is 9.78 Å². The SMILES string of the molecule is COSC(=S)n1nc(C)cc1C. The van der Waals surface area contributed by atoms with Gasteiger partial charge in [-0.25, -0.2) is 4.68 Å². The summed E-state index contributed by atoms with van der Waals surface area (Å²) in [4.78, 5) is 0. The van der Waals surface area contributed by atoms with E-state index in [1.165, 1.54) is 0 Å². The van der Waals surface area contributed by atoms with Crippen LogP contribution in [0.2, 0.25) is 0 Å². The van der Waals surface area contributed by atoms with E-state index in [2.05, 4.69) is 5.10 Å². The third kappa shape index (κ3) is 2.06. The molecule has 1 rings (SSSR count). The number of hydrogen-bond donors (Lipinski definition) is 0. The van der Waals surface area contributed by atoms with Crippen LogP contribution in [0.15, 0.2) is 6.07 Å². The molecule has 0 bridgehead atoms. The molecule has 0 aliphatic carbocycles. The standard InChI is InChI=1S/C7H10N2OS2/c1-5-4-6(2)9(8-5)7(11)12-10-3/h4H,1-3H3. The number of aromatic nitrogens is 2. The van der Waals surface area contributed by atoms with E-state index in [1.54, 1.807) is 11.8 Å². The van der Waals surface area contributed by atoms with Gasteiger partial charge in [-0.2, -0.15) is 5.10 Å². The Bertz CT molecular complexity index is 296. The summed E-state index contributed by atoms with van der Waals surface area (Å²) in [5, 5.41) is 4.20. The number of aryl methyl sites for hydroxylation is 2. The Labute approximate surface area is 81.3 Å². The highest BCUT2D eigenvalue weighted by Crippen LogP contribution is 2.10. The fourth-order valence-electron chi connectivity index (χ4n) is 0.920. The molecule has 66 valence electrons. The van der Waals surface area contributed by atoms with Crippen LogP contribution in [0.4, 0.5) is 0 Å². The number of thiocarbonyl (C=S) groups is 1. The first-order valence-corrected chi connectivity index (χ1v) is 4.58. The largest absolute Gasteiger partial charge is 0.312 e. The van der Waals surface area contributed by atoms with Crippen LogP contribution in [-0.2, 0) is 4.18 Å². The highest BCUT2D eigenvalue weighted by Gasteiger charge is 2.06. The normalized spacial score (nSPS) is 10.2. The molecule has 0 aromatic carbocycles. The summed E-state index contributed by atoms with van der Waals surface area (Å²) < 4.78 is 7.14. The molecule has 0 unspecified atom stereocenters. The molecule has 1 heterocycles. The molecule has 0 saturated carbocycles. The lowest BCUT2D eigenvalue weighted by atomic mass is 10.4. The van der Waals surface area contributed by atoms with Crippen molar-refractivity contribution in [3.8, 4) is 0 Å². The van der Waals surface area contributed by atoms with E-state index in [-0.39, 0.29) is 0 Å². The van der Waals surface area contributed by atoms with Crippen LogP contribution in [0.3, 0.4) is 0 Å². The Morgan fingerprint density at radius 3 is 2.75 bits per heavy atom. The molecule has 3 nitrogen and oxygen atoms in total. The van der Waals surface area contributed by atoms with Gasteiger partial charge in [0.2, 0.25) is 0 Å². The van der Waals surface area contributed by atoms with Gasteiger partial charge < -0.3 is 4.18 Å². The van der Waals surface area contributed by atoms with Gasteiger partial charge in [0.25, 0.3) is 0 Å². The second kappa shape index (κ2) is 4.02. The molecule has 0 atom stereocenters. The molecule has 0 amide bonds. The molecule has 1 aromatic heterocycles. The molecular formula is C7H10N2OS2. The first kappa shape index (κ1) is 9.70. The van der Waals surface area contributed by atoms with Crippen LogP contribution >= 0.6 is 24.3 Å². The quantitative estimate of drug-likeness (QED) is 0.513. The fourth-order valence-corrected chi connectivity index (χ4v) is 1.71. The zero-order valence-corrected chi connectivity index (χ0v) is 8.83.